The van der Waals surface area contributed by atoms with Crippen molar-refractivity contribution in [3.63, 3.8) is 0 Å². The fourth-order valence-electron chi connectivity index (χ4n) is 4.17. The van der Waals surface area contributed by atoms with Crippen molar-refractivity contribution in [2.45, 2.75) is 27.3 Å². The average molecular weight is 445 g/mol. The van der Waals surface area contributed by atoms with Crippen LogP contribution in [-0.2, 0) is 6.54 Å². The van der Waals surface area contributed by atoms with Gasteiger partial charge in [0.25, 0.3) is 0 Å². The monoisotopic (exact) mass is 445 g/mol. The topological polar surface area (TPSA) is 79.9 Å². The van der Waals surface area contributed by atoms with Crippen molar-refractivity contribution in [2.24, 2.45) is 0 Å². The summed E-state index contributed by atoms with van der Waals surface area (Å²) in [4.78, 5) is 24.6. The van der Waals surface area contributed by atoms with E-state index in [9.17, 15) is 9.59 Å². The lowest BCUT2D eigenvalue weighted by atomic mass is 10.1. The van der Waals surface area contributed by atoms with Gasteiger partial charge in [-0.05, 0) is 62.2 Å². The summed E-state index contributed by atoms with van der Waals surface area (Å²) in [5.41, 5.74) is 4.39. The van der Waals surface area contributed by atoms with Crippen LogP contribution < -0.4 is 19.8 Å². The summed E-state index contributed by atoms with van der Waals surface area (Å²) in [6.07, 6.45) is 0. The first-order valence-electron chi connectivity index (χ1n) is 10.6. The summed E-state index contributed by atoms with van der Waals surface area (Å²) in [5.74, 6) is 1.83. The van der Waals surface area contributed by atoms with E-state index in [0.29, 0.717) is 23.4 Å². The van der Waals surface area contributed by atoms with Crippen LogP contribution in [0.3, 0.4) is 0 Å². The van der Waals surface area contributed by atoms with Crippen LogP contribution in [0.1, 0.15) is 32.9 Å². The summed E-state index contributed by atoms with van der Waals surface area (Å²) < 4.78 is 23.9. The SMILES string of the molecule is Cc1cc(=O)oc2cc(OCC(=O)c3cc(C)n(Cc4ccc5c(c4)OCO5)c3C)ccc12. The minimum atomic E-state index is -0.414. The highest BCUT2D eigenvalue weighted by Gasteiger charge is 2.18. The molecule has 0 fully saturated rings. The lowest BCUT2D eigenvalue weighted by Gasteiger charge is -2.11. The van der Waals surface area contributed by atoms with Crippen LogP contribution >= 0.6 is 0 Å². The maximum Gasteiger partial charge on any atom is 0.336 e. The Morgan fingerprint density at radius 3 is 2.67 bits per heavy atom. The number of nitrogens with zero attached hydrogens (tertiary/aromatic N) is 1. The van der Waals surface area contributed by atoms with E-state index >= 15 is 0 Å². The van der Waals surface area contributed by atoms with E-state index in [4.69, 9.17) is 18.6 Å². The van der Waals surface area contributed by atoms with E-state index in [-0.39, 0.29) is 19.2 Å². The molecule has 0 spiro atoms. The second-order valence-electron chi connectivity index (χ2n) is 8.18. The number of aryl methyl sites for hydroxylation is 2. The lowest BCUT2D eigenvalue weighted by molar-refractivity contribution is 0.0920. The minimum Gasteiger partial charge on any atom is -0.485 e. The Morgan fingerprint density at radius 2 is 1.82 bits per heavy atom. The number of hydrogen-bond donors (Lipinski definition) is 0. The zero-order valence-electron chi connectivity index (χ0n) is 18.6. The third-order valence-electron chi connectivity index (χ3n) is 5.94. The van der Waals surface area contributed by atoms with Crippen LogP contribution in [0.25, 0.3) is 11.0 Å². The van der Waals surface area contributed by atoms with Crippen molar-refractivity contribution < 1.29 is 23.4 Å². The molecule has 0 saturated heterocycles. The predicted molar refractivity (Wildman–Crippen MR) is 123 cm³/mol. The highest BCUT2D eigenvalue weighted by Crippen LogP contribution is 2.33. The molecule has 1 aliphatic rings. The summed E-state index contributed by atoms with van der Waals surface area (Å²) in [6, 6.07) is 14.4. The first-order valence-corrected chi connectivity index (χ1v) is 10.6. The molecule has 7 heteroatoms. The number of benzene rings is 2. The molecule has 0 amide bonds. The van der Waals surface area contributed by atoms with Crippen LogP contribution in [0, 0.1) is 20.8 Å². The molecule has 2 aromatic heterocycles. The van der Waals surface area contributed by atoms with Gasteiger partial charge in [0, 0.05) is 41.0 Å². The molecule has 1 aliphatic heterocycles. The van der Waals surface area contributed by atoms with Crippen LogP contribution in [0.15, 0.2) is 57.7 Å². The molecule has 5 rings (SSSR count). The smallest absolute Gasteiger partial charge is 0.336 e. The van der Waals surface area contributed by atoms with Gasteiger partial charge in [0.2, 0.25) is 12.6 Å². The minimum absolute atomic E-state index is 0.115. The number of Topliss-reactive ketones (excluding diaryl/α,β-unsaturated/α-hetero) is 1. The van der Waals surface area contributed by atoms with E-state index in [1.165, 1.54) is 6.07 Å². The van der Waals surface area contributed by atoms with Gasteiger partial charge in [-0.25, -0.2) is 4.79 Å². The van der Waals surface area contributed by atoms with Crippen LogP contribution in [-0.4, -0.2) is 23.8 Å². The quantitative estimate of drug-likeness (QED) is 0.320. The number of fused-ring (bicyclic) bond motifs is 2. The normalized spacial score (nSPS) is 12.3. The van der Waals surface area contributed by atoms with Crippen molar-refractivity contribution in [3.05, 3.63) is 87.0 Å². The second kappa shape index (κ2) is 8.16. The molecule has 0 radical (unpaired) electrons. The Kier molecular flexibility index (Phi) is 5.17. The highest BCUT2D eigenvalue weighted by molar-refractivity contribution is 5.98. The third kappa shape index (κ3) is 3.98. The van der Waals surface area contributed by atoms with Gasteiger partial charge in [0.05, 0.1) is 0 Å². The number of aromatic nitrogens is 1. The van der Waals surface area contributed by atoms with Gasteiger partial charge < -0.3 is 23.2 Å². The van der Waals surface area contributed by atoms with Gasteiger partial charge in [-0.2, -0.15) is 0 Å². The molecule has 168 valence electrons. The Morgan fingerprint density at radius 1 is 1.00 bits per heavy atom. The Balaban J connectivity index is 1.32. The molecule has 4 aromatic rings. The lowest BCUT2D eigenvalue weighted by Crippen LogP contribution is -2.13. The van der Waals surface area contributed by atoms with Gasteiger partial charge >= 0.3 is 5.63 Å². The highest BCUT2D eigenvalue weighted by atomic mass is 16.7. The van der Waals surface area contributed by atoms with Crippen LogP contribution in [0.4, 0.5) is 0 Å². The summed E-state index contributed by atoms with van der Waals surface area (Å²) in [7, 11) is 0. The van der Waals surface area contributed by atoms with Crippen LogP contribution in [0.2, 0.25) is 0 Å². The maximum absolute atomic E-state index is 12.9. The number of carbonyl (C=O) groups is 1. The van der Waals surface area contributed by atoms with E-state index in [2.05, 4.69) is 4.57 Å². The van der Waals surface area contributed by atoms with Gasteiger partial charge in [-0.1, -0.05) is 6.07 Å². The number of carbonyl (C=O) groups excluding carboxylic acids is 1. The Bertz CT molecular complexity index is 1450. The maximum atomic E-state index is 12.9. The molecule has 0 N–H and O–H groups in total. The van der Waals surface area contributed by atoms with E-state index in [0.717, 1.165) is 39.4 Å². The number of ether oxygens (including phenoxy) is 3. The predicted octanol–water partition coefficient (Wildman–Crippen LogP) is 4.56. The van der Waals surface area contributed by atoms with Gasteiger partial charge in [-0.3, -0.25) is 4.79 Å². The van der Waals surface area contributed by atoms with E-state index < -0.39 is 5.63 Å². The van der Waals surface area contributed by atoms with Gasteiger partial charge in [0.15, 0.2) is 18.1 Å². The van der Waals surface area contributed by atoms with Crippen molar-refractivity contribution in [2.75, 3.05) is 13.4 Å². The molecule has 0 unspecified atom stereocenters. The van der Waals surface area contributed by atoms with Crippen molar-refractivity contribution in [3.8, 4) is 17.2 Å². The second-order valence-corrected chi connectivity index (χ2v) is 8.18. The van der Waals surface area contributed by atoms with E-state index in [1.807, 2.05) is 51.1 Å². The van der Waals surface area contributed by atoms with Crippen molar-refractivity contribution in [1.82, 2.24) is 4.57 Å². The fraction of sp³-hybridized carbons (Fsp3) is 0.231. The molecule has 0 saturated carbocycles. The number of rotatable bonds is 6. The summed E-state index contributed by atoms with van der Waals surface area (Å²) in [6.45, 7) is 6.50. The first-order chi connectivity index (χ1) is 15.9. The standard InChI is InChI=1S/C26H23NO6/c1-15-8-26(29)33-24-11-19(5-6-20(15)24)30-13-22(28)21-9-16(2)27(17(21)3)12-18-4-7-23-25(10-18)32-14-31-23/h4-11H,12-14H2,1-3H3. The zero-order chi connectivity index (χ0) is 23.1. The molecule has 2 aromatic carbocycles. The fourth-order valence-corrected chi connectivity index (χ4v) is 4.17. The molecule has 7 nitrogen and oxygen atoms in total. The van der Waals surface area contributed by atoms with Gasteiger partial charge in [-0.15, -0.1) is 0 Å². The zero-order valence-corrected chi connectivity index (χ0v) is 18.6. The van der Waals surface area contributed by atoms with Gasteiger partial charge in [0.1, 0.15) is 11.3 Å². The largest absolute Gasteiger partial charge is 0.485 e. The summed E-state index contributed by atoms with van der Waals surface area (Å²) in [5, 5.41) is 0.834. The molecule has 0 bridgehead atoms. The van der Waals surface area contributed by atoms with Crippen molar-refractivity contribution >= 4 is 16.8 Å². The number of hydrogen-bond acceptors (Lipinski definition) is 6. The van der Waals surface area contributed by atoms with Crippen molar-refractivity contribution in [1.29, 1.82) is 0 Å². The van der Waals surface area contributed by atoms with E-state index in [1.54, 1.807) is 12.1 Å². The molecular formula is C26H23NO6. The number of ketones is 1. The third-order valence-corrected chi connectivity index (χ3v) is 5.94. The Hall–Kier alpha value is -4.00. The molecule has 3 heterocycles. The summed E-state index contributed by atoms with van der Waals surface area (Å²) >= 11 is 0. The molecule has 0 aliphatic carbocycles. The Labute approximate surface area is 190 Å². The van der Waals surface area contributed by atoms with Crippen LogP contribution in [0.5, 0.6) is 17.2 Å². The molecule has 33 heavy (non-hydrogen) atoms. The molecular weight excluding hydrogens is 422 g/mol. The molecule has 0 atom stereocenters. The first kappa shape index (κ1) is 20.9. The average Bonchev–Trinajstić information content (AvgIpc) is 3.36.